The summed E-state index contributed by atoms with van der Waals surface area (Å²) >= 11 is 3.19. The Morgan fingerprint density at radius 2 is 1.77 bits per heavy atom. The standard InChI is InChI=1S/C16H18BrNO4/c1-21-14(19)16(17,15(20)22-2)9-5-10-18-11-8-12-6-3-4-7-13(12)18/h3-4,6-8,11H,5,9-10H2,1-2H3. The van der Waals surface area contributed by atoms with Gasteiger partial charge in [-0.15, -0.1) is 0 Å². The van der Waals surface area contributed by atoms with Gasteiger partial charge in [0.05, 0.1) is 14.2 Å². The predicted octanol–water partition coefficient (Wildman–Crippen LogP) is 2.90. The lowest BCUT2D eigenvalue weighted by atomic mass is 10.0. The van der Waals surface area contributed by atoms with Crippen LogP contribution in [0.2, 0.25) is 0 Å². The molecular weight excluding hydrogens is 350 g/mol. The molecule has 2 aromatic rings. The zero-order valence-electron chi connectivity index (χ0n) is 12.5. The van der Waals surface area contributed by atoms with E-state index in [4.69, 9.17) is 9.47 Å². The van der Waals surface area contributed by atoms with Crippen LogP contribution in [0, 0.1) is 0 Å². The number of rotatable bonds is 6. The van der Waals surface area contributed by atoms with Gasteiger partial charge in [0.25, 0.3) is 0 Å². The Morgan fingerprint density at radius 1 is 1.14 bits per heavy atom. The van der Waals surface area contributed by atoms with Crippen molar-refractivity contribution >= 4 is 38.8 Å². The van der Waals surface area contributed by atoms with Crippen LogP contribution in [0.25, 0.3) is 10.9 Å². The van der Waals surface area contributed by atoms with Crippen molar-refractivity contribution in [2.75, 3.05) is 14.2 Å². The van der Waals surface area contributed by atoms with Crippen LogP contribution in [0.1, 0.15) is 12.8 Å². The molecule has 0 atom stereocenters. The van der Waals surface area contributed by atoms with Gasteiger partial charge in [0.15, 0.2) is 0 Å². The van der Waals surface area contributed by atoms with Crippen molar-refractivity contribution in [1.29, 1.82) is 0 Å². The fourth-order valence-corrected chi connectivity index (χ4v) is 3.04. The topological polar surface area (TPSA) is 57.5 Å². The number of nitrogens with zero attached hydrogens (tertiary/aromatic N) is 1. The highest BCUT2D eigenvalue weighted by Gasteiger charge is 2.45. The number of ether oxygens (including phenoxy) is 2. The minimum Gasteiger partial charge on any atom is -0.468 e. The number of hydrogen-bond acceptors (Lipinski definition) is 4. The van der Waals surface area contributed by atoms with Crippen molar-refractivity contribution < 1.29 is 19.1 Å². The molecule has 0 aliphatic heterocycles. The number of methoxy groups -OCH3 is 2. The van der Waals surface area contributed by atoms with E-state index in [2.05, 4.69) is 20.5 Å². The molecule has 0 bridgehead atoms. The molecule has 0 saturated heterocycles. The number of fused-ring (bicyclic) bond motifs is 1. The van der Waals surface area contributed by atoms with E-state index in [0.29, 0.717) is 19.4 Å². The Balaban J connectivity index is 2.07. The first-order valence-electron chi connectivity index (χ1n) is 6.92. The lowest BCUT2D eigenvalue weighted by Crippen LogP contribution is -2.42. The number of benzene rings is 1. The third-order valence-corrected chi connectivity index (χ3v) is 4.66. The van der Waals surface area contributed by atoms with Crippen molar-refractivity contribution in [2.24, 2.45) is 0 Å². The summed E-state index contributed by atoms with van der Waals surface area (Å²) in [6.07, 6.45) is 2.91. The zero-order chi connectivity index (χ0) is 16.2. The summed E-state index contributed by atoms with van der Waals surface area (Å²) in [5, 5.41) is 1.16. The minimum atomic E-state index is -1.44. The number of carbonyl (C=O) groups excluding carboxylic acids is 2. The molecule has 6 heteroatoms. The highest BCUT2D eigenvalue weighted by molar-refractivity contribution is 9.10. The average Bonchev–Trinajstić information content (AvgIpc) is 2.96. The van der Waals surface area contributed by atoms with Crippen molar-refractivity contribution in [3.8, 4) is 0 Å². The van der Waals surface area contributed by atoms with Crippen molar-refractivity contribution in [3.05, 3.63) is 36.5 Å². The third-order valence-electron chi connectivity index (χ3n) is 3.62. The molecule has 1 aromatic carbocycles. The summed E-state index contributed by atoms with van der Waals surface area (Å²) in [6.45, 7) is 0.689. The quantitative estimate of drug-likeness (QED) is 0.447. The normalized spacial score (nSPS) is 11.4. The molecule has 0 fully saturated rings. The minimum absolute atomic E-state index is 0.291. The molecule has 0 radical (unpaired) electrons. The first-order valence-corrected chi connectivity index (χ1v) is 7.72. The Kier molecular flexibility index (Phi) is 5.24. The number of esters is 2. The first-order chi connectivity index (χ1) is 10.5. The number of carbonyl (C=O) groups is 2. The van der Waals surface area contributed by atoms with Crippen LogP contribution in [-0.2, 0) is 25.6 Å². The predicted molar refractivity (Wildman–Crippen MR) is 86.9 cm³/mol. The second-order valence-electron chi connectivity index (χ2n) is 4.96. The van der Waals surface area contributed by atoms with Gasteiger partial charge in [0.2, 0.25) is 4.32 Å². The van der Waals surface area contributed by atoms with Gasteiger partial charge in [0.1, 0.15) is 0 Å². The van der Waals surface area contributed by atoms with Gasteiger partial charge < -0.3 is 14.0 Å². The Morgan fingerprint density at radius 3 is 2.41 bits per heavy atom. The molecule has 0 N–H and O–H groups in total. The molecule has 1 heterocycles. The maximum Gasteiger partial charge on any atom is 0.334 e. The summed E-state index contributed by atoms with van der Waals surface area (Å²) < 4.78 is 10.1. The molecule has 0 amide bonds. The average molecular weight is 368 g/mol. The molecule has 0 saturated carbocycles. The van der Waals surface area contributed by atoms with E-state index in [1.165, 1.54) is 14.2 Å². The van der Waals surface area contributed by atoms with Crippen LogP contribution >= 0.6 is 15.9 Å². The molecular formula is C16H18BrNO4. The SMILES string of the molecule is COC(=O)C(Br)(CCCn1ccc2ccccc21)C(=O)OC. The largest absolute Gasteiger partial charge is 0.468 e. The third kappa shape index (κ3) is 3.16. The van der Waals surface area contributed by atoms with Gasteiger partial charge in [0, 0.05) is 18.3 Å². The lowest BCUT2D eigenvalue weighted by molar-refractivity contribution is -0.155. The highest BCUT2D eigenvalue weighted by Crippen LogP contribution is 2.28. The van der Waals surface area contributed by atoms with Crippen LogP contribution in [0.3, 0.4) is 0 Å². The number of aromatic nitrogens is 1. The Labute approximate surface area is 137 Å². The van der Waals surface area contributed by atoms with E-state index in [1.807, 2.05) is 36.5 Å². The molecule has 0 aliphatic carbocycles. The van der Waals surface area contributed by atoms with Crippen molar-refractivity contribution in [2.45, 2.75) is 23.7 Å². The molecule has 0 unspecified atom stereocenters. The van der Waals surface area contributed by atoms with E-state index in [1.54, 1.807) is 0 Å². The number of para-hydroxylation sites is 1. The van der Waals surface area contributed by atoms with Crippen LogP contribution in [0.5, 0.6) is 0 Å². The molecule has 0 aliphatic rings. The van der Waals surface area contributed by atoms with E-state index >= 15 is 0 Å². The lowest BCUT2D eigenvalue weighted by Gasteiger charge is -2.21. The van der Waals surface area contributed by atoms with E-state index in [9.17, 15) is 9.59 Å². The summed E-state index contributed by atoms with van der Waals surface area (Å²) in [5.41, 5.74) is 1.12. The molecule has 22 heavy (non-hydrogen) atoms. The molecule has 118 valence electrons. The van der Waals surface area contributed by atoms with E-state index in [-0.39, 0.29) is 0 Å². The van der Waals surface area contributed by atoms with Crippen LogP contribution in [0.4, 0.5) is 0 Å². The van der Waals surface area contributed by atoms with Crippen molar-refractivity contribution in [1.82, 2.24) is 4.57 Å². The number of hydrogen-bond donors (Lipinski definition) is 0. The number of alkyl halides is 1. The highest BCUT2D eigenvalue weighted by atomic mass is 79.9. The summed E-state index contributed by atoms with van der Waals surface area (Å²) in [6, 6.07) is 10.1. The first kappa shape index (κ1) is 16.5. The number of halogens is 1. The number of aryl methyl sites for hydroxylation is 1. The smallest absolute Gasteiger partial charge is 0.334 e. The maximum absolute atomic E-state index is 11.9. The molecule has 2 rings (SSSR count). The summed E-state index contributed by atoms with van der Waals surface area (Å²) in [7, 11) is 2.50. The van der Waals surface area contributed by atoms with Gasteiger partial charge in [-0.3, -0.25) is 0 Å². The second-order valence-corrected chi connectivity index (χ2v) is 6.31. The fraction of sp³-hybridized carbons (Fsp3) is 0.375. The van der Waals surface area contributed by atoms with E-state index < -0.39 is 16.3 Å². The van der Waals surface area contributed by atoms with Crippen LogP contribution < -0.4 is 0 Å². The Bertz CT molecular complexity index is 664. The fourth-order valence-electron chi connectivity index (χ4n) is 2.44. The van der Waals surface area contributed by atoms with Gasteiger partial charge in [-0.2, -0.15) is 0 Å². The van der Waals surface area contributed by atoms with E-state index in [0.717, 1.165) is 10.9 Å². The monoisotopic (exact) mass is 367 g/mol. The summed E-state index contributed by atoms with van der Waals surface area (Å²) in [5.74, 6) is -1.28. The molecule has 5 nitrogen and oxygen atoms in total. The zero-order valence-corrected chi connectivity index (χ0v) is 14.1. The maximum atomic E-state index is 11.9. The van der Waals surface area contributed by atoms with Crippen molar-refractivity contribution in [3.63, 3.8) is 0 Å². The van der Waals surface area contributed by atoms with Gasteiger partial charge >= 0.3 is 11.9 Å². The molecule has 1 aromatic heterocycles. The van der Waals surface area contributed by atoms with Gasteiger partial charge in [-0.1, -0.05) is 34.1 Å². The van der Waals surface area contributed by atoms with Crippen LogP contribution in [-0.4, -0.2) is 35.0 Å². The van der Waals surface area contributed by atoms with Crippen LogP contribution in [0.15, 0.2) is 36.5 Å². The van der Waals surface area contributed by atoms with Gasteiger partial charge in [-0.05, 0) is 30.4 Å². The Hall–Kier alpha value is -1.82. The second kappa shape index (κ2) is 6.96. The summed E-state index contributed by atoms with van der Waals surface area (Å²) in [4.78, 5) is 23.7. The molecule has 0 spiro atoms. The van der Waals surface area contributed by atoms with Gasteiger partial charge in [-0.25, -0.2) is 9.59 Å².